The first-order valence-corrected chi connectivity index (χ1v) is 5.70. The van der Waals surface area contributed by atoms with Gasteiger partial charge < -0.3 is 11.1 Å². The van der Waals surface area contributed by atoms with Gasteiger partial charge in [0.15, 0.2) is 0 Å². The van der Waals surface area contributed by atoms with Crippen LogP contribution in [0.25, 0.3) is 0 Å². The summed E-state index contributed by atoms with van der Waals surface area (Å²) in [7, 11) is 0. The van der Waals surface area contributed by atoms with Gasteiger partial charge in [0.05, 0.1) is 10.6 Å². The zero-order valence-corrected chi connectivity index (χ0v) is 10.8. The lowest BCUT2D eigenvalue weighted by atomic mass is 10.2. The maximum atomic E-state index is 13.8. The Morgan fingerprint density at radius 3 is 2.65 bits per heavy atom. The molecule has 1 aromatic carbocycles. The summed E-state index contributed by atoms with van der Waals surface area (Å²) in [5, 5.41) is 13.7. The molecular weight excluding hydrogens is 265 g/mol. The Morgan fingerprint density at radius 1 is 1.35 bits per heavy atom. The average molecular weight is 277 g/mol. The Labute approximate surface area is 113 Å². The number of halogens is 1. The maximum Gasteiger partial charge on any atom is 0.332 e. The van der Waals surface area contributed by atoms with Crippen molar-refractivity contribution < 1.29 is 9.31 Å². The van der Waals surface area contributed by atoms with E-state index in [2.05, 4.69) is 15.3 Å². The van der Waals surface area contributed by atoms with Crippen LogP contribution in [0, 0.1) is 29.8 Å². The van der Waals surface area contributed by atoms with E-state index in [0.717, 1.165) is 0 Å². The number of aryl methyl sites for hydroxylation is 2. The van der Waals surface area contributed by atoms with Crippen molar-refractivity contribution in [2.24, 2.45) is 0 Å². The minimum Gasteiger partial charge on any atom is -0.368 e. The molecular formula is C12H12FN5O2. The number of rotatable bonds is 3. The first-order chi connectivity index (χ1) is 9.40. The van der Waals surface area contributed by atoms with Crippen molar-refractivity contribution in [2.75, 3.05) is 11.1 Å². The third-order valence-electron chi connectivity index (χ3n) is 2.72. The topological polar surface area (TPSA) is 107 Å². The number of nitrogens with zero attached hydrogens (tertiary/aromatic N) is 3. The lowest BCUT2D eigenvalue weighted by molar-refractivity contribution is -0.385. The Kier molecular flexibility index (Phi) is 3.47. The minimum absolute atomic E-state index is 0.110. The molecule has 7 nitrogen and oxygen atoms in total. The second-order valence-corrected chi connectivity index (χ2v) is 4.18. The van der Waals surface area contributed by atoms with Gasteiger partial charge in [0.2, 0.25) is 11.8 Å². The minimum atomic E-state index is -0.632. The van der Waals surface area contributed by atoms with E-state index in [1.165, 1.54) is 13.0 Å². The van der Waals surface area contributed by atoms with Crippen molar-refractivity contribution in [1.29, 1.82) is 0 Å². The standard InChI is InChI=1S/C12H12FN5O2/c1-6-4-3-5-8(13)9(6)16-11-10(18(19)20)7(2)15-12(14)17-11/h3-5H,1-2H3,(H3,14,15,16,17). The van der Waals surface area contributed by atoms with Crippen molar-refractivity contribution in [1.82, 2.24) is 9.97 Å². The molecule has 2 rings (SSSR count). The fourth-order valence-electron chi connectivity index (χ4n) is 1.80. The van der Waals surface area contributed by atoms with Gasteiger partial charge in [-0.25, -0.2) is 9.37 Å². The molecule has 1 heterocycles. The second-order valence-electron chi connectivity index (χ2n) is 4.18. The van der Waals surface area contributed by atoms with Crippen molar-refractivity contribution in [3.8, 4) is 0 Å². The Morgan fingerprint density at radius 2 is 2.05 bits per heavy atom. The summed E-state index contributed by atoms with van der Waals surface area (Å²) in [6, 6.07) is 4.47. The van der Waals surface area contributed by atoms with E-state index < -0.39 is 10.7 Å². The van der Waals surface area contributed by atoms with E-state index in [1.807, 2.05) is 0 Å². The zero-order valence-electron chi connectivity index (χ0n) is 10.8. The van der Waals surface area contributed by atoms with Crippen LogP contribution in [-0.2, 0) is 0 Å². The molecule has 8 heteroatoms. The molecule has 0 radical (unpaired) electrons. The summed E-state index contributed by atoms with van der Waals surface area (Å²) in [6.07, 6.45) is 0. The highest BCUT2D eigenvalue weighted by Gasteiger charge is 2.22. The summed E-state index contributed by atoms with van der Waals surface area (Å²) in [6.45, 7) is 3.12. The predicted molar refractivity (Wildman–Crippen MR) is 72.3 cm³/mol. The highest BCUT2D eigenvalue weighted by atomic mass is 19.1. The van der Waals surface area contributed by atoms with Gasteiger partial charge in [0, 0.05) is 0 Å². The molecule has 0 saturated heterocycles. The van der Waals surface area contributed by atoms with Crippen LogP contribution in [0.1, 0.15) is 11.3 Å². The number of para-hydroxylation sites is 1. The highest BCUT2D eigenvalue weighted by molar-refractivity contribution is 5.70. The number of hydrogen-bond donors (Lipinski definition) is 2. The third kappa shape index (κ3) is 2.48. The number of nitrogens with two attached hydrogens (primary N) is 1. The van der Waals surface area contributed by atoms with Gasteiger partial charge in [-0.3, -0.25) is 10.1 Å². The molecule has 0 atom stereocenters. The van der Waals surface area contributed by atoms with E-state index in [-0.39, 0.29) is 28.8 Å². The molecule has 0 aliphatic heterocycles. The van der Waals surface area contributed by atoms with Gasteiger partial charge in [-0.2, -0.15) is 4.98 Å². The molecule has 3 N–H and O–H groups in total. The van der Waals surface area contributed by atoms with Crippen LogP contribution >= 0.6 is 0 Å². The van der Waals surface area contributed by atoms with Crippen LogP contribution in [0.2, 0.25) is 0 Å². The number of anilines is 3. The monoisotopic (exact) mass is 277 g/mol. The molecule has 0 amide bonds. The van der Waals surface area contributed by atoms with Crippen LogP contribution < -0.4 is 11.1 Å². The van der Waals surface area contributed by atoms with E-state index in [1.54, 1.807) is 19.1 Å². The summed E-state index contributed by atoms with van der Waals surface area (Å²) >= 11 is 0. The van der Waals surface area contributed by atoms with E-state index in [9.17, 15) is 14.5 Å². The van der Waals surface area contributed by atoms with Crippen molar-refractivity contribution in [3.05, 3.63) is 45.4 Å². The van der Waals surface area contributed by atoms with Gasteiger partial charge in [0.1, 0.15) is 11.5 Å². The largest absolute Gasteiger partial charge is 0.368 e. The van der Waals surface area contributed by atoms with Gasteiger partial charge in [-0.15, -0.1) is 0 Å². The average Bonchev–Trinajstić information content (AvgIpc) is 2.32. The molecule has 0 aliphatic carbocycles. The molecule has 0 spiro atoms. The van der Waals surface area contributed by atoms with Crippen LogP contribution in [0.15, 0.2) is 18.2 Å². The number of nitrogen functional groups attached to an aromatic ring is 1. The number of nitrogens with one attached hydrogen (secondary N) is 1. The number of aromatic nitrogens is 2. The smallest absolute Gasteiger partial charge is 0.332 e. The Bertz CT molecular complexity index is 670. The van der Waals surface area contributed by atoms with Gasteiger partial charge in [-0.1, -0.05) is 12.1 Å². The summed E-state index contributed by atoms with van der Waals surface area (Å²) < 4.78 is 13.8. The van der Waals surface area contributed by atoms with E-state index >= 15 is 0 Å². The highest BCUT2D eigenvalue weighted by Crippen LogP contribution is 2.30. The van der Waals surface area contributed by atoms with Gasteiger partial charge >= 0.3 is 5.69 Å². The Balaban J connectivity index is 2.56. The van der Waals surface area contributed by atoms with Crippen LogP contribution in [0.3, 0.4) is 0 Å². The first-order valence-electron chi connectivity index (χ1n) is 5.70. The fourth-order valence-corrected chi connectivity index (χ4v) is 1.80. The Hall–Kier alpha value is -2.77. The summed E-state index contributed by atoms with van der Waals surface area (Å²) in [5.41, 5.74) is 5.97. The number of benzene rings is 1. The molecule has 0 unspecified atom stereocenters. The summed E-state index contributed by atoms with van der Waals surface area (Å²) in [4.78, 5) is 17.9. The lowest BCUT2D eigenvalue weighted by Gasteiger charge is -2.11. The van der Waals surface area contributed by atoms with Crippen LogP contribution in [-0.4, -0.2) is 14.9 Å². The van der Waals surface area contributed by atoms with E-state index in [0.29, 0.717) is 5.56 Å². The molecule has 20 heavy (non-hydrogen) atoms. The van der Waals surface area contributed by atoms with Gasteiger partial charge in [-0.05, 0) is 25.5 Å². The lowest BCUT2D eigenvalue weighted by Crippen LogP contribution is -2.08. The molecule has 0 bridgehead atoms. The normalized spacial score (nSPS) is 10.3. The quantitative estimate of drug-likeness (QED) is 0.659. The van der Waals surface area contributed by atoms with Crippen LogP contribution in [0.5, 0.6) is 0 Å². The maximum absolute atomic E-state index is 13.8. The van der Waals surface area contributed by atoms with Crippen molar-refractivity contribution >= 4 is 23.1 Å². The van der Waals surface area contributed by atoms with Crippen LogP contribution in [0.4, 0.5) is 27.5 Å². The summed E-state index contributed by atoms with van der Waals surface area (Å²) in [5.74, 6) is -0.785. The predicted octanol–water partition coefficient (Wildman–Crippen LogP) is 2.47. The first kappa shape index (κ1) is 13.7. The number of hydrogen-bond acceptors (Lipinski definition) is 6. The second kappa shape index (κ2) is 5.08. The van der Waals surface area contributed by atoms with Crippen molar-refractivity contribution in [2.45, 2.75) is 13.8 Å². The molecule has 0 aliphatic rings. The molecule has 1 aromatic heterocycles. The molecule has 104 valence electrons. The fraction of sp³-hybridized carbons (Fsp3) is 0.167. The molecule has 0 fully saturated rings. The number of nitro groups is 1. The van der Waals surface area contributed by atoms with Gasteiger partial charge in [0.25, 0.3) is 0 Å². The SMILES string of the molecule is Cc1cccc(F)c1Nc1nc(N)nc(C)c1[N+](=O)[O-]. The zero-order chi connectivity index (χ0) is 14.9. The molecule has 2 aromatic rings. The third-order valence-corrected chi connectivity index (χ3v) is 2.72. The van der Waals surface area contributed by atoms with E-state index in [4.69, 9.17) is 5.73 Å². The van der Waals surface area contributed by atoms with Crippen molar-refractivity contribution in [3.63, 3.8) is 0 Å². The molecule has 0 saturated carbocycles.